The summed E-state index contributed by atoms with van der Waals surface area (Å²) in [6.07, 6.45) is -1.18. The molecule has 2 aromatic rings. The Balaban J connectivity index is 2.18. The minimum Gasteiger partial charge on any atom is -0.244 e. The highest BCUT2D eigenvalue weighted by Gasteiger charge is 2.48. The van der Waals surface area contributed by atoms with Crippen LogP contribution in [-0.4, -0.2) is 12.3 Å². The summed E-state index contributed by atoms with van der Waals surface area (Å²) >= 11 is 0. The van der Waals surface area contributed by atoms with Gasteiger partial charge in [0.25, 0.3) is 0 Å². The first-order valence-electron chi connectivity index (χ1n) is 7.14. The summed E-state index contributed by atoms with van der Waals surface area (Å²) in [6, 6.07) is 19.1. The summed E-state index contributed by atoms with van der Waals surface area (Å²) in [4.78, 5) is 0. The first-order valence-corrected chi connectivity index (χ1v) is 7.14. The van der Waals surface area contributed by atoms with Gasteiger partial charge in [0, 0.05) is 0 Å². The number of alkyl halides is 2. The van der Waals surface area contributed by atoms with Crippen LogP contribution in [0, 0.1) is 0 Å². The van der Waals surface area contributed by atoms with Gasteiger partial charge in [-0.25, -0.2) is 8.78 Å². The average Bonchev–Trinajstić information content (AvgIpc) is 2.52. The maximum Gasteiger partial charge on any atom is 0.145 e. The van der Waals surface area contributed by atoms with E-state index in [9.17, 15) is 8.78 Å². The van der Waals surface area contributed by atoms with Crippen molar-refractivity contribution in [3.8, 4) is 0 Å². The van der Waals surface area contributed by atoms with Crippen molar-refractivity contribution in [1.82, 2.24) is 0 Å². The molecule has 1 fully saturated rings. The third-order valence-electron chi connectivity index (χ3n) is 4.42. The van der Waals surface area contributed by atoms with Crippen LogP contribution in [0.25, 0.3) is 0 Å². The number of benzene rings is 2. The molecule has 0 bridgehead atoms. The van der Waals surface area contributed by atoms with Gasteiger partial charge in [-0.05, 0) is 30.4 Å². The Labute approximate surface area is 118 Å². The summed E-state index contributed by atoms with van der Waals surface area (Å²) in [5.74, 6) is 0. The largest absolute Gasteiger partial charge is 0.244 e. The molecule has 1 aliphatic carbocycles. The highest BCUT2D eigenvalue weighted by molar-refractivity contribution is 5.42. The topological polar surface area (TPSA) is 0 Å². The second kappa shape index (κ2) is 5.35. The van der Waals surface area contributed by atoms with Crippen molar-refractivity contribution in [1.29, 1.82) is 0 Å². The van der Waals surface area contributed by atoms with E-state index in [1.54, 1.807) is 0 Å². The summed E-state index contributed by atoms with van der Waals surface area (Å²) in [7, 11) is 0. The van der Waals surface area contributed by atoms with E-state index in [1.165, 1.54) is 0 Å². The number of rotatable bonds is 2. The Morgan fingerprint density at radius 1 is 0.800 bits per heavy atom. The van der Waals surface area contributed by atoms with Crippen molar-refractivity contribution in [3.63, 3.8) is 0 Å². The van der Waals surface area contributed by atoms with E-state index < -0.39 is 17.8 Å². The summed E-state index contributed by atoms with van der Waals surface area (Å²) in [5, 5.41) is 0. The molecule has 0 radical (unpaired) electrons. The van der Waals surface area contributed by atoms with Gasteiger partial charge in [0.1, 0.15) is 12.3 Å². The maximum absolute atomic E-state index is 14.9. The number of hydrogen-bond donors (Lipinski definition) is 0. The summed E-state index contributed by atoms with van der Waals surface area (Å²) in [5.41, 5.74) is 0.905. The lowest BCUT2D eigenvalue weighted by molar-refractivity contribution is 0.0613. The van der Waals surface area contributed by atoms with Crippen molar-refractivity contribution >= 4 is 0 Å². The van der Waals surface area contributed by atoms with Crippen molar-refractivity contribution in [2.24, 2.45) is 0 Å². The molecular weight excluding hydrogens is 254 g/mol. The molecular formula is C18H18F2. The Morgan fingerprint density at radius 2 is 1.30 bits per heavy atom. The zero-order valence-electron chi connectivity index (χ0n) is 11.3. The van der Waals surface area contributed by atoms with Gasteiger partial charge in [0.2, 0.25) is 0 Å². The van der Waals surface area contributed by atoms with Crippen LogP contribution in [0.2, 0.25) is 0 Å². The molecule has 0 nitrogen and oxygen atoms in total. The van der Waals surface area contributed by atoms with Crippen LogP contribution in [0.3, 0.4) is 0 Å². The fourth-order valence-electron chi connectivity index (χ4n) is 3.41. The normalized spacial score (nSPS) is 25.3. The molecule has 2 aromatic carbocycles. The van der Waals surface area contributed by atoms with Gasteiger partial charge in [-0.15, -0.1) is 0 Å². The van der Waals surface area contributed by atoms with E-state index in [-0.39, 0.29) is 0 Å². The molecule has 2 unspecified atom stereocenters. The fourth-order valence-corrected chi connectivity index (χ4v) is 3.41. The van der Waals surface area contributed by atoms with Crippen LogP contribution in [0.4, 0.5) is 8.78 Å². The van der Waals surface area contributed by atoms with E-state index in [1.807, 2.05) is 60.7 Å². The molecule has 0 N–H and O–H groups in total. The highest BCUT2D eigenvalue weighted by atomic mass is 19.2. The van der Waals surface area contributed by atoms with E-state index in [2.05, 4.69) is 0 Å². The lowest BCUT2D eigenvalue weighted by Crippen LogP contribution is -2.46. The third kappa shape index (κ3) is 2.04. The predicted molar refractivity (Wildman–Crippen MR) is 77.3 cm³/mol. The zero-order valence-corrected chi connectivity index (χ0v) is 11.3. The molecule has 3 rings (SSSR count). The van der Waals surface area contributed by atoms with Crippen LogP contribution >= 0.6 is 0 Å². The lowest BCUT2D eigenvalue weighted by atomic mass is 9.63. The Morgan fingerprint density at radius 3 is 1.80 bits per heavy atom. The molecule has 0 heterocycles. The fraction of sp³-hybridized carbons (Fsp3) is 0.333. The molecule has 1 aliphatic rings. The monoisotopic (exact) mass is 272 g/mol. The van der Waals surface area contributed by atoms with Gasteiger partial charge in [0.15, 0.2) is 0 Å². The maximum atomic E-state index is 14.9. The van der Waals surface area contributed by atoms with E-state index in [4.69, 9.17) is 0 Å². The smallest absolute Gasteiger partial charge is 0.145 e. The highest BCUT2D eigenvalue weighted by Crippen LogP contribution is 2.47. The molecule has 0 aliphatic heterocycles. The molecule has 0 aromatic heterocycles. The molecule has 0 saturated heterocycles. The molecule has 2 heteroatoms. The number of halogens is 2. The molecule has 0 amide bonds. The summed E-state index contributed by atoms with van der Waals surface area (Å²) in [6.45, 7) is 0. The van der Waals surface area contributed by atoms with Crippen molar-refractivity contribution in [2.75, 3.05) is 0 Å². The summed E-state index contributed by atoms with van der Waals surface area (Å²) < 4.78 is 29.0. The van der Waals surface area contributed by atoms with Crippen molar-refractivity contribution < 1.29 is 8.78 Å². The second-order valence-electron chi connectivity index (χ2n) is 5.51. The standard InChI is InChI=1S/C18H18F2/c19-16-12-7-13-18(17(16)20,14-8-3-1-4-9-14)15-10-5-2-6-11-15/h1-6,8-11,16-17H,7,12-13H2. The molecule has 2 atom stereocenters. The average molecular weight is 272 g/mol. The van der Waals surface area contributed by atoms with Crippen LogP contribution in [0.1, 0.15) is 30.4 Å². The van der Waals surface area contributed by atoms with Gasteiger partial charge in [-0.3, -0.25) is 0 Å². The van der Waals surface area contributed by atoms with Gasteiger partial charge >= 0.3 is 0 Å². The number of hydrogen-bond acceptors (Lipinski definition) is 0. The van der Waals surface area contributed by atoms with Crippen LogP contribution in [0.5, 0.6) is 0 Å². The van der Waals surface area contributed by atoms with E-state index >= 15 is 0 Å². The van der Waals surface area contributed by atoms with Crippen LogP contribution in [-0.2, 0) is 5.41 Å². The van der Waals surface area contributed by atoms with E-state index in [0.717, 1.165) is 11.1 Å². The Kier molecular flexibility index (Phi) is 3.56. The van der Waals surface area contributed by atoms with Gasteiger partial charge < -0.3 is 0 Å². The van der Waals surface area contributed by atoms with Gasteiger partial charge in [-0.2, -0.15) is 0 Å². The molecule has 20 heavy (non-hydrogen) atoms. The molecule has 1 saturated carbocycles. The third-order valence-corrected chi connectivity index (χ3v) is 4.42. The van der Waals surface area contributed by atoms with Crippen molar-refractivity contribution in [3.05, 3.63) is 71.8 Å². The first-order chi connectivity index (χ1) is 9.75. The van der Waals surface area contributed by atoms with Crippen LogP contribution in [0.15, 0.2) is 60.7 Å². The predicted octanol–water partition coefficient (Wildman–Crippen LogP) is 4.83. The first kappa shape index (κ1) is 13.3. The van der Waals surface area contributed by atoms with Crippen molar-refractivity contribution in [2.45, 2.75) is 37.0 Å². The SMILES string of the molecule is FC1CCCC(c2ccccc2)(c2ccccc2)C1F. The molecule has 104 valence electrons. The minimum atomic E-state index is -1.49. The molecule has 0 spiro atoms. The Hall–Kier alpha value is -1.70. The Bertz CT molecular complexity index is 511. The quantitative estimate of drug-likeness (QED) is 0.734. The lowest BCUT2D eigenvalue weighted by Gasteiger charge is -2.42. The van der Waals surface area contributed by atoms with Gasteiger partial charge in [-0.1, -0.05) is 60.7 Å². The minimum absolute atomic E-state index is 0.322. The van der Waals surface area contributed by atoms with Crippen LogP contribution < -0.4 is 0 Å². The second-order valence-corrected chi connectivity index (χ2v) is 5.51. The zero-order chi connectivity index (χ0) is 14.0. The van der Waals surface area contributed by atoms with Gasteiger partial charge in [0.05, 0.1) is 5.41 Å². The van der Waals surface area contributed by atoms with E-state index in [0.29, 0.717) is 19.3 Å².